The fourth-order valence-corrected chi connectivity index (χ4v) is 8.54. The van der Waals surface area contributed by atoms with Gasteiger partial charge in [0.2, 0.25) is 11.5 Å². The van der Waals surface area contributed by atoms with Crippen LogP contribution < -0.4 is 0 Å². The van der Waals surface area contributed by atoms with E-state index in [2.05, 4.69) is 124 Å². The van der Waals surface area contributed by atoms with Gasteiger partial charge in [0.05, 0.1) is 45.6 Å². The van der Waals surface area contributed by atoms with Gasteiger partial charge in [-0.3, -0.25) is 0 Å². The Bertz CT molecular complexity index is 3010. The topological polar surface area (TPSA) is 14.2 Å². The molecule has 0 aliphatic heterocycles. The molecule has 0 fully saturated rings. The van der Waals surface area contributed by atoms with Crippen molar-refractivity contribution >= 4 is 49.3 Å². The van der Waals surface area contributed by atoms with Crippen LogP contribution in [0.3, 0.4) is 0 Å². The average Bonchev–Trinajstić information content (AvgIpc) is 3.69. The van der Waals surface area contributed by atoms with Gasteiger partial charge >= 0.3 is 0 Å². The van der Waals surface area contributed by atoms with Crippen LogP contribution in [0.15, 0.2) is 84.9 Å². The lowest BCUT2D eigenvalue weighted by molar-refractivity contribution is 0.381. The summed E-state index contributed by atoms with van der Waals surface area (Å²) in [5, 5.41) is 3.55. The standard InChI is InChI=1S/C53H50F5N3/c1-50(2,3)28-14-19-37-33(24-28)34-25-29(51(4,5)6)15-20-38(34)60(37)41-23-18-32(42-43(54)45(56)47(58)46(57)44(42)55)49(48(41)59-13)61-39-21-16-30(52(7,8)9)26-35(39)36-27-31(53(10,11)12)17-22-40(36)61/h14-27H,1-12H3. The third-order valence-electron chi connectivity index (χ3n) is 12.2. The zero-order valence-corrected chi connectivity index (χ0v) is 36.8. The van der Waals surface area contributed by atoms with Crippen molar-refractivity contribution in [1.82, 2.24) is 9.13 Å². The molecule has 0 spiro atoms. The van der Waals surface area contributed by atoms with E-state index in [0.29, 0.717) is 16.7 Å². The highest BCUT2D eigenvalue weighted by Gasteiger charge is 2.32. The van der Waals surface area contributed by atoms with Crippen molar-refractivity contribution in [2.75, 3.05) is 0 Å². The van der Waals surface area contributed by atoms with Crippen LogP contribution in [0.1, 0.15) is 105 Å². The molecule has 0 radical (unpaired) electrons. The highest BCUT2D eigenvalue weighted by atomic mass is 19.2. The zero-order chi connectivity index (χ0) is 44.5. The first kappa shape index (κ1) is 41.8. The molecule has 0 aliphatic carbocycles. The summed E-state index contributed by atoms with van der Waals surface area (Å²) < 4.78 is 81.2. The maximum atomic E-state index is 16.2. The van der Waals surface area contributed by atoms with Crippen LogP contribution in [0, 0.1) is 35.7 Å². The predicted molar refractivity (Wildman–Crippen MR) is 241 cm³/mol. The van der Waals surface area contributed by atoms with E-state index in [1.807, 2.05) is 41.0 Å². The summed E-state index contributed by atoms with van der Waals surface area (Å²) in [6.45, 7) is 34.5. The third kappa shape index (κ3) is 6.59. The van der Waals surface area contributed by atoms with Gasteiger partial charge in [-0.05, 0) is 98.5 Å². The number of halogens is 5. The van der Waals surface area contributed by atoms with Crippen molar-refractivity contribution < 1.29 is 22.0 Å². The number of benzene rings is 6. The lowest BCUT2D eigenvalue weighted by atomic mass is 9.85. The molecule has 8 rings (SSSR count). The molecule has 0 atom stereocenters. The Hall–Kier alpha value is -5.94. The summed E-state index contributed by atoms with van der Waals surface area (Å²) >= 11 is 0. The Morgan fingerprint density at radius 3 is 1.03 bits per heavy atom. The SMILES string of the molecule is [C-]#[N+]c1c(-n2c3ccc(C(C)(C)C)cc3c3cc(C(C)(C)C)ccc32)ccc(-c2c(F)c(F)c(F)c(F)c2F)c1-n1c2ccc(C(C)(C)C)cc2c2cc(C(C)(C)C)ccc21. The average molecular weight is 824 g/mol. The zero-order valence-electron chi connectivity index (χ0n) is 36.8. The Balaban J connectivity index is 1.60. The predicted octanol–water partition coefficient (Wildman–Crippen LogP) is 16.0. The molecule has 0 N–H and O–H groups in total. The highest BCUT2D eigenvalue weighted by molar-refractivity contribution is 6.13. The first-order valence-corrected chi connectivity index (χ1v) is 20.6. The fraction of sp³-hybridized carbons (Fsp3) is 0.302. The normalized spacial score (nSPS) is 13.0. The number of rotatable bonds is 3. The van der Waals surface area contributed by atoms with Crippen LogP contribution in [0.25, 0.3) is 71.0 Å². The molecule has 312 valence electrons. The highest BCUT2D eigenvalue weighted by Crippen LogP contribution is 2.48. The van der Waals surface area contributed by atoms with Gasteiger partial charge < -0.3 is 9.13 Å². The molecule has 2 heterocycles. The molecule has 8 aromatic rings. The fourth-order valence-electron chi connectivity index (χ4n) is 8.54. The second-order valence-electron chi connectivity index (χ2n) is 20.5. The van der Waals surface area contributed by atoms with Gasteiger partial charge in [0, 0.05) is 27.1 Å². The van der Waals surface area contributed by atoms with Gasteiger partial charge in [-0.25, -0.2) is 26.8 Å². The van der Waals surface area contributed by atoms with Gasteiger partial charge in [-0.2, -0.15) is 0 Å². The van der Waals surface area contributed by atoms with Crippen LogP contribution in [0.4, 0.5) is 27.6 Å². The van der Waals surface area contributed by atoms with Crippen LogP contribution in [0.5, 0.6) is 0 Å². The van der Waals surface area contributed by atoms with Crippen molar-refractivity contribution in [2.24, 2.45) is 0 Å². The molecule has 0 amide bonds. The Morgan fingerprint density at radius 1 is 0.410 bits per heavy atom. The quantitative estimate of drug-likeness (QED) is 0.0729. The van der Waals surface area contributed by atoms with E-state index in [-0.39, 0.29) is 38.6 Å². The van der Waals surface area contributed by atoms with E-state index in [0.717, 1.165) is 54.8 Å². The molecular formula is C53H50F5N3. The molecule has 3 nitrogen and oxygen atoms in total. The second kappa shape index (κ2) is 13.8. The van der Waals surface area contributed by atoms with Gasteiger partial charge in [-0.1, -0.05) is 113 Å². The summed E-state index contributed by atoms with van der Waals surface area (Å²) in [4.78, 5) is 4.15. The minimum atomic E-state index is -2.25. The van der Waals surface area contributed by atoms with E-state index in [1.165, 1.54) is 6.07 Å². The van der Waals surface area contributed by atoms with E-state index in [9.17, 15) is 4.39 Å². The maximum Gasteiger partial charge on any atom is 0.234 e. The summed E-state index contributed by atoms with van der Waals surface area (Å²) in [5.74, 6) is -10.3. The molecule has 2 aromatic heterocycles. The third-order valence-corrected chi connectivity index (χ3v) is 12.2. The van der Waals surface area contributed by atoms with Gasteiger partial charge in [0.25, 0.3) is 0 Å². The van der Waals surface area contributed by atoms with Gasteiger partial charge in [0.1, 0.15) is 0 Å². The molecule has 8 heteroatoms. The first-order chi connectivity index (χ1) is 28.3. The largest absolute Gasteiger partial charge is 0.319 e. The summed E-state index contributed by atoms with van der Waals surface area (Å²) in [5.41, 5.74) is 5.18. The molecule has 0 aliphatic rings. The molecule has 0 unspecified atom stereocenters. The monoisotopic (exact) mass is 823 g/mol. The van der Waals surface area contributed by atoms with Crippen molar-refractivity contribution in [3.63, 3.8) is 0 Å². The van der Waals surface area contributed by atoms with Crippen molar-refractivity contribution in [3.05, 3.63) is 148 Å². The van der Waals surface area contributed by atoms with E-state index in [4.69, 9.17) is 6.57 Å². The van der Waals surface area contributed by atoms with Crippen LogP contribution in [-0.4, -0.2) is 9.13 Å². The van der Waals surface area contributed by atoms with Crippen molar-refractivity contribution in [1.29, 1.82) is 0 Å². The summed E-state index contributed by atoms with van der Waals surface area (Å²) in [7, 11) is 0. The number of fused-ring (bicyclic) bond motifs is 6. The van der Waals surface area contributed by atoms with E-state index < -0.39 is 34.6 Å². The summed E-state index contributed by atoms with van der Waals surface area (Å²) in [6, 6.07) is 27.4. The molecule has 0 bridgehead atoms. The minimum absolute atomic E-state index is 0.00431. The second-order valence-corrected chi connectivity index (χ2v) is 20.5. The van der Waals surface area contributed by atoms with E-state index >= 15 is 17.6 Å². The van der Waals surface area contributed by atoms with Crippen molar-refractivity contribution in [2.45, 2.75) is 105 Å². The minimum Gasteiger partial charge on any atom is -0.319 e. The molecule has 0 saturated carbocycles. The van der Waals surface area contributed by atoms with Crippen LogP contribution in [-0.2, 0) is 21.7 Å². The molecule has 0 saturated heterocycles. The lowest BCUT2D eigenvalue weighted by Crippen LogP contribution is -2.11. The summed E-state index contributed by atoms with van der Waals surface area (Å²) in [6.07, 6.45) is 0. The Labute approximate surface area is 354 Å². The Kier molecular flexibility index (Phi) is 9.44. The Morgan fingerprint density at radius 2 is 0.721 bits per heavy atom. The maximum absolute atomic E-state index is 16.2. The number of aromatic nitrogens is 2. The van der Waals surface area contributed by atoms with Gasteiger partial charge in [-0.15, -0.1) is 0 Å². The number of nitrogens with zero attached hydrogens (tertiary/aromatic N) is 3. The number of hydrogen-bond acceptors (Lipinski definition) is 0. The first-order valence-electron chi connectivity index (χ1n) is 20.6. The van der Waals surface area contributed by atoms with Crippen LogP contribution in [0.2, 0.25) is 0 Å². The number of hydrogen-bond donors (Lipinski definition) is 0. The molecule has 61 heavy (non-hydrogen) atoms. The van der Waals surface area contributed by atoms with E-state index in [1.54, 1.807) is 10.6 Å². The smallest absolute Gasteiger partial charge is 0.234 e. The van der Waals surface area contributed by atoms with Gasteiger partial charge in [0.15, 0.2) is 23.3 Å². The molecule has 6 aromatic carbocycles. The molecular weight excluding hydrogens is 774 g/mol. The lowest BCUT2D eigenvalue weighted by Gasteiger charge is -2.22. The van der Waals surface area contributed by atoms with Crippen LogP contribution >= 0.6 is 0 Å². The van der Waals surface area contributed by atoms with Crippen molar-refractivity contribution in [3.8, 4) is 22.5 Å².